The van der Waals surface area contributed by atoms with Crippen LogP contribution in [0.15, 0.2) is 36.4 Å². The molecule has 176 valence electrons. The molecule has 1 aliphatic carbocycles. The Kier molecular flexibility index (Phi) is 5.44. The van der Waals surface area contributed by atoms with Gasteiger partial charge in [0.2, 0.25) is 5.91 Å². The molecule has 1 saturated heterocycles. The van der Waals surface area contributed by atoms with Crippen LogP contribution in [-0.4, -0.2) is 55.6 Å². The van der Waals surface area contributed by atoms with Gasteiger partial charge in [0, 0.05) is 31.5 Å². The molecule has 1 saturated carbocycles. The number of anilines is 1. The van der Waals surface area contributed by atoms with E-state index in [2.05, 4.69) is 25.5 Å². The molecule has 2 amide bonds. The first kappa shape index (κ1) is 22.5. The first-order chi connectivity index (χ1) is 16.2. The fourth-order valence-electron chi connectivity index (χ4n) is 6.29. The molecular weight excluding hydrogens is 431 g/mol. The Bertz CT molecular complexity index is 1220. The number of fused-ring (bicyclic) bond motifs is 3. The molecule has 2 aromatic rings. The third-order valence-electron chi connectivity index (χ3n) is 8.26. The minimum Gasteiger partial charge on any atom is -0.335 e. The van der Waals surface area contributed by atoms with Gasteiger partial charge in [-0.3, -0.25) is 9.59 Å². The number of carbonyl (C=O) groups excluding carboxylic acids is 2. The number of quaternary nitrogens is 1. The molecule has 7 heteroatoms. The second-order valence-corrected chi connectivity index (χ2v) is 10.5. The molecule has 0 radical (unpaired) electrons. The van der Waals surface area contributed by atoms with Gasteiger partial charge in [-0.15, -0.1) is 0 Å². The van der Waals surface area contributed by atoms with Crippen molar-refractivity contribution in [2.45, 2.75) is 50.2 Å². The third-order valence-corrected chi connectivity index (χ3v) is 8.26. The molecule has 6 nitrogen and oxygen atoms in total. The number of nitriles is 1. The van der Waals surface area contributed by atoms with Gasteiger partial charge in [0.1, 0.15) is 11.9 Å². The minimum absolute atomic E-state index is 0.0471. The molecule has 2 aliphatic heterocycles. The highest BCUT2D eigenvalue weighted by Crippen LogP contribution is 2.45. The maximum atomic E-state index is 15.0. The Morgan fingerprint density at radius 1 is 1.24 bits per heavy atom. The monoisotopic (exact) mass is 461 g/mol. The summed E-state index contributed by atoms with van der Waals surface area (Å²) in [5.41, 5.74) is 3.74. The molecule has 5 rings (SSSR count). The van der Waals surface area contributed by atoms with Crippen LogP contribution >= 0.6 is 0 Å². The van der Waals surface area contributed by atoms with E-state index in [1.807, 2.05) is 24.3 Å². The van der Waals surface area contributed by atoms with Gasteiger partial charge in [0.05, 0.1) is 32.6 Å². The first-order valence-electron chi connectivity index (χ1n) is 11.9. The fraction of sp³-hybridized carbons (Fsp3) is 0.444. The van der Waals surface area contributed by atoms with Crippen LogP contribution in [-0.2, 0) is 22.4 Å². The van der Waals surface area contributed by atoms with Gasteiger partial charge in [-0.1, -0.05) is 24.3 Å². The molecule has 1 N–H and O–H groups in total. The molecule has 2 heterocycles. The highest BCUT2D eigenvalue weighted by atomic mass is 19.1. The Hall–Kier alpha value is -3.24. The van der Waals surface area contributed by atoms with E-state index < -0.39 is 11.9 Å². The average Bonchev–Trinajstić information content (AvgIpc) is 3.46. The Morgan fingerprint density at radius 2 is 1.97 bits per heavy atom. The first-order valence-corrected chi connectivity index (χ1v) is 11.9. The molecule has 2 fully saturated rings. The van der Waals surface area contributed by atoms with Gasteiger partial charge in [-0.05, 0) is 47.2 Å². The van der Waals surface area contributed by atoms with E-state index in [0.29, 0.717) is 34.0 Å². The summed E-state index contributed by atoms with van der Waals surface area (Å²) in [7, 11) is 5.94. The van der Waals surface area contributed by atoms with Crippen LogP contribution < -0.4 is 10.2 Å². The number of nitrogens with zero attached hydrogens (tertiary/aromatic N) is 3. The van der Waals surface area contributed by atoms with E-state index in [-0.39, 0.29) is 24.3 Å². The molecule has 4 unspecified atom stereocenters. The smallest absolute Gasteiger partial charge is 0.279 e. The average molecular weight is 462 g/mol. The van der Waals surface area contributed by atoms with Crippen molar-refractivity contribution in [1.82, 2.24) is 5.32 Å². The number of piperidine rings is 1. The van der Waals surface area contributed by atoms with Crippen molar-refractivity contribution in [3.8, 4) is 17.2 Å². The Labute approximate surface area is 199 Å². The molecule has 3 aliphatic rings. The number of likely N-dealkylation sites (tertiary alicyclic amines) is 1. The van der Waals surface area contributed by atoms with E-state index in [0.717, 1.165) is 36.1 Å². The van der Waals surface area contributed by atoms with Crippen LogP contribution in [0, 0.1) is 23.1 Å². The van der Waals surface area contributed by atoms with E-state index in [1.54, 1.807) is 18.0 Å². The maximum absolute atomic E-state index is 15.0. The second-order valence-electron chi connectivity index (χ2n) is 10.5. The topological polar surface area (TPSA) is 73.2 Å². The van der Waals surface area contributed by atoms with Crippen LogP contribution in [0.2, 0.25) is 0 Å². The summed E-state index contributed by atoms with van der Waals surface area (Å²) in [6.07, 6.45) is 3.77. The molecule has 34 heavy (non-hydrogen) atoms. The van der Waals surface area contributed by atoms with Crippen molar-refractivity contribution >= 4 is 17.5 Å². The van der Waals surface area contributed by atoms with Crippen molar-refractivity contribution < 1.29 is 18.5 Å². The zero-order valence-electron chi connectivity index (χ0n) is 19.8. The molecule has 2 bridgehead atoms. The number of benzene rings is 2. The lowest BCUT2D eigenvalue weighted by molar-refractivity contribution is -0.922. The number of halogens is 1. The largest absolute Gasteiger partial charge is 0.335 e. The highest BCUT2D eigenvalue weighted by molar-refractivity contribution is 6.01. The van der Waals surface area contributed by atoms with E-state index >= 15 is 4.39 Å². The third kappa shape index (κ3) is 3.67. The van der Waals surface area contributed by atoms with Crippen LogP contribution in [0.1, 0.15) is 30.4 Å². The lowest BCUT2D eigenvalue weighted by Crippen LogP contribution is -2.60. The summed E-state index contributed by atoms with van der Waals surface area (Å²) < 4.78 is 15.7. The number of carbonyl (C=O) groups is 2. The summed E-state index contributed by atoms with van der Waals surface area (Å²) in [4.78, 5) is 26.7. The van der Waals surface area contributed by atoms with Crippen LogP contribution in [0.3, 0.4) is 0 Å². The van der Waals surface area contributed by atoms with Gasteiger partial charge in [-0.25, -0.2) is 4.39 Å². The SMILES string of the molecule is CN1C(=O)Cc2ccc(-c3ccc(CC(C#N)NC(=O)C4C5CCC(C5)[N+]4(C)C)c(F)c3)cc21. The lowest BCUT2D eigenvalue weighted by Gasteiger charge is -2.40. The number of amides is 2. The van der Waals surface area contributed by atoms with Crippen molar-refractivity contribution in [2.75, 3.05) is 26.0 Å². The number of nitrogens with one attached hydrogen (secondary N) is 1. The van der Waals surface area contributed by atoms with E-state index in [9.17, 15) is 14.9 Å². The Balaban J connectivity index is 1.30. The second kappa shape index (κ2) is 8.21. The minimum atomic E-state index is -0.786. The van der Waals surface area contributed by atoms with Crippen molar-refractivity contribution in [1.29, 1.82) is 5.26 Å². The quantitative estimate of drug-likeness (QED) is 0.695. The predicted octanol–water partition coefficient (Wildman–Crippen LogP) is 3.19. The Morgan fingerprint density at radius 3 is 2.65 bits per heavy atom. The van der Waals surface area contributed by atoms with Gasteiger partial charge in [0.15, 0.2) is 6.04 Å². The maximum Gasteiger partial charge on any atom is 0.279 e. The summed E-state index contributed by atoms with van der Waals surface area (Å²) in [6, 6.07) is 12.4. The van der Waals surface area contributed by atoms with Gasteiger partial charge in [0.25, 0.3) is 5.91 Å². The highest BCUT2D eigenvalue weighted by Gasteiger charge is 2.57. The van der Waals surface area contributed by atoms with E-state index in [1.165, 1.54) is 6.07 Å². The predicted molar refractivity (Wildman–Crippen MR) is 127 cm³/mol. The molecule has 4 atom stereocenters. The molecule has 0 aromatic heterocycles. The van der Waals surface area contributed by atoms with E-state index in [4.69, 9.17) is 0 Å². The van der Waals surface area contributed by atoms with Gasteiger partial charge >= 0.3 is 0 Å². The lowest BCUT2D eigenvalue weighted by atomic mass is 9.95. The summed E-state index contributed by atoms with van der Waals surface area (Å²) >= 11 is 0. The van der Waals surface area contributed by atoms with Gasteiger partial charge < -0.3 is 14.7 Å². The zero-order chi connectivity index (χ0) is 24.2. The number of hydrogen-bond acceptors (Lipinski definition) is 3. The summed E-state index contributed by atoms with van der Waals surface area (Å²) in [5, 5.41) is 12.6. The normalized spacial score (nSPS) is 25.2. The number of likely N-dealkylation sites (N-methyl/N-ethyl adjacent to an activating group) is 2. The zero-order valence-corrected chi connectivity index (χ0v) is 19.8. The number of rotatable bonds is 5. The van der Waals surface area contributed by atoms with Crippen LogP contribution in [0.25, 0.3) is 11.1 Å². The fourth-order valence-corrected chi connectivity index (χ4v) is 6.29. The van der Waals surface area contributed by atoms with Crippen molar-refractivity contribution in [2.24, 2.45) is 5.92 Å². The molecule has 2 aromatic carbocycles. The number of hydrogen-bond donors (Lipinski definition) is 1. The summed E-state index contributed by atoms with van der Waals surface area (Å²) in [5.74, 6) is -0.103. The van der Waals surface area contributed by atoms with Crippen LogP contribution in [0.4, 0.5) is 10.1 Å². The van der Waals surface area contributed by atoms with Crippen LogP contribution in [0.5, 0.6) is 0 Å². The summed E-state index contributed by atoms with van der Waals surface area (Å²) in [6.45, 7) is 0. The molecule has 0 spiro atoms. The van der Waals surface area contributed by atoms with Gasteiger partial charge in [-0.2, -0.15) is 5.26 Å². The van der Waals surface area contributed by atoms with Crippen molar-refractivity contribution in [3.05, 3.63) is 53.3 Å². The molecular formula is C27H30FN4O2+. The standard InChI is InChI=1S/C27H29FN4O2/c1-31-24-13-17(5-7-19(24)14-25(31)33)16-4-6-18(23(28)12-16)10-21(15-29)30-27(34)26-20-8-9-22(11-20)32(26,2)3/h4-7,12-13,20-22,26H,8-11,14H2,1-3H3/p+1. The van der Waals surface area contributed by atoms with Crippen molar-refractivity contribution in [3.63, 3.8) is 0 Å².